The van der Waals surface area contributed by atoms with Gasteiger partial charge in [-0.2, -0.15) is 0 Å². The summed E-state index contributed by atoms with van der Waals surface area (Å²) in [6.45, 7) is 1.47. The van der Waals surface area contributed by atoms with Gasteiger partial charge in [-0.3, -0.25) is 4.79 Å². The van der Waals surface area contributed by atoms with Crippen LogP contribution in [-0.2, 0) is 11.3 Å². The van der Waals surface area contributed by atoms with Gasteiger partial charge in [0.15, 0.2) is 0 Å². The molecule has 118 valence electrons. The minimum Gasteiger partial charge on any atom is -0.460 e. The molecule has 0 aliphatic rings. The number of furan rings is 1. The van der Waals surface area contributed by atoms with Gasteiger partial charge in [0.25, 0.3) is 0 Å². The highest BCUT2D eigenvalue weighted by Crippen LogP contribution is 2.24. The van der Waals surface area contributed by atoms with Gasteiger partial charge in [0.05, 0.1) is 6.54 Å². The van der Waals surface area contributed by atoms with Crippen molar-refractivity contribution in [3.8, 4) is 11.3 Å². The minimum atomic E-state index is 0.164. The third-order valence-electron chi connectivity index (χ3n) is 3.31. The van der Waals surface area contributed by atoms with Gasteiger partial charge in [-0.15, -0.1) is 0 Å². The number of amides is 1. The summed E-state index contributed by atoms with van der Waals surface area (Å²) in [6.07, 6.45) is 1.40. The molecular formula is C17H21BrN2O2. The Morgan fingerprint density at radius 3 is 2.82 bits per heavy atom. The van der Waals surface area contributed by atoms with Gasteiger partial charge in [0, 0.05) is 30.6 Å². The van der Waals surface area contributed by atoms with Crippen LogP contribution in [0.3, 0.4) is 0 Å². The molecule has 0 fully saturated rings. The predicted molar refractivity (Wildman–Crippen MR) is 91.5 cm³/mol. The lowest BCUT2D eigenvalue weighted by molar-refractivity contribution is -0.128. The molecule has 0 bridgehead atoms. The minimum absolute atomic E-state index is 0.164. The Labute approximate surface area is 139 Å². The van der Waals surface area contributed by atoms with Crippen LogP contribution in [0.15, 0.2) is 45.3 Å². The quantitative estimate of drug-likeness (QED) is 0.762. The Morgan fingerprint density at radius 1 is 1.27 bits per heavy atom. The summed E-state index contributed by atoms with van der Waals surface area (Å²) in [4.78, 5) is 13.1. The Kier molecular flexibility index (Phi) is 6.21. The van der Waals surface area contributed by atoms with E-state index in [4.69, 9.17) is 4.42 Å². The second kappa shape index (κ2) is 8.15. The van der Waals surface area contributed by atoms with E-state index in [2.05, 4.69) is 21.2 Å². The first-order chi connectivity index (χ1) is 10.6. The molecule has 1 aromatic heterocycles. The topological polar surface area (TPSA) is 45.5 Å². The molecule has 0 spiro atoms. The van der Waals surface area contributed by atoms with Crippen LogP contribution in [0.4, 0.5) is 0 Å². The van der Waals surface area contributed by atoms with Crippen molar-refractivity contribution in [2.45, 2.75) is 19.4 Å². The number of nitrogens with one attached hydrogen (secondary N) is 1. The maximum absolute atomic E-state index is 11.4. The molecule has 0 saturated carbocycles. The normalized spacial score (nSPS) is 10.7. The molecule has 1 N–H and O–H groups in total. The van der Waals surface area contributed by atoms with Crippen molar-refractivity contribution in [1.82, 2.24) is 10.2 Å². The third-order valence-corrected chi connectivity index (χ3v) is 3.81. The number of benzene rings is 1. The Hall–Kier alpha value is -1.59. The van der Waals surface area contributed by atoms with E-state index in [9.17, 15) is 4.79 Å². The molecule has 1 heterocycles. The summed E-state index contributed by atoms with van der Waals surface area (Å²) in [5, 5.41) is 3.30. The van der Waals surface area contributed by atoms with Gasteiger partial charge in [-0.05, 0) is 37.2 Å². The highest BCUT2D eigenvalue weighted by molar-refractivity contribution is 9.10. The average Bonchev–Trinajstić information content (AvgIpc) is 2.95. The molecule has 1 aromatic carbocycles. The third kappa shape index (κ3) is 5.00. The highest BCUT2D eigenvalue weighted by Gasteiger charge is 2.06. The molecule has 0 radical (unpaired) electrons. The number of carbonyl (C=O) groups is 1. The van der Waals surface area contributed by atoms with Gasteiger partial charge in [-0.25, -0.2) is 0 Å². The van der Waals surface area contributed by atoms with Crippen LogP contribution in [0.5, 0.6) is 0 Å². The van der Waals surface area contributed by atoms with Crippen LogP contribution in [0.1, 0.15) is 18.6 Å². The second-order valence-electron chi connectivity index (χ2n) is 5.34. The first-order valence-electron chi connectivity index (χ1n) is 7.32. The largest absolute Gasteiger partial charge is 0.460 e. The summed E-state index contributed by atoms with van der Waals surface area (Å²) < 4.78 is 6.87. The number of rotatable bonds is 7. The van der Waals surface area contributed by atoms with Crippen molar-refractivity contribution in [3.05, 3.63) is 46.6 Å². The van der Waals surface area contributed by atoms with Crippen molar-refractivity contribution in [2.75, 3.05) is 20.6 Å². The van der Waals surface area contributed by atoms with E-state index in [1.807, 2.05) is 36.4 Å². The number of nitrogens with zero attached hydrogens (tertiary/aromatic N) is 1. The van der Waals surface area contributed by atoms with Crippen LogP contribution < -0.4 is 5.32 Å². The van der Waals surface area contributed by atoms with E-state index in [1.165, 1.54) is 0 Å². The van der Waals surface area contributed by atoms with E-state index >= 15 is 0 Å². The van der Waals surface area contributed by atoms with Crippen molar-refractivity contribution < 1.29 is 9.21 Å². The zero-order valence-electron chi connectivity index (χ0n) is 12.9. The van der Waals surface area contributed by atoms with Crippen molar-refractivity contribution in [1.29, 1.82) is 0 Å². The number of hydrogen-bond donors (Lipinski definition) is 1. The SMILES string of the molecule is CN(C)C(=O)CCCNCc1ccc(-c2cccc(Br)c2)o1. The van der Waals surface area contributed by atoms with Crippen LogP contribution in [0, 0.1) is 0 Å². The van der Waals surface area contributed by atoms with Crippen LogP contribution in [-0.4, -0.2) is 31.4 Å². The van der Waals surface area contributed by atoms with Gasteiger partial charge in [0.2, 0.25) is 5.91 Å². The fourth-order valence-corrected chi connectivity index (χ4v) is 2.47. The van der Waals surface area contributed by atoms with Gasteiger partial charge >= 0.3 is 0 Å². The molecule has 0 aliphatic heterocycles. The highest BCUT2D eigenvalue weighted by atomic mass is 79.9. The first-order valence-corrected chi connectivity index (χ1v) is 8.11. The Balaban J connectivity index is 1.77. The fourth-order valence-electron chi connectivity index (χ4n) is 2.07. The molecule has 4 nitrogen and oxygen atoms in total. The average molecular weight is 365 g/mol. The molecular weight excluding hydrogens is 344 g/mol. The van der Waals surface area contributed by atoms with E-state index in [1.54, 1.807) is 19.0 Å². The van der Waals surface area contributed by atoms with Crippen molar-refractivity contribution in [2.24, 2.45) is 0 Å². The van der Waals surface area contributed by atoms with E-state index in [0.29, 0.717) is 13.0 Å². The summed E-state index contributed by atoms with van der Waals surface area (Å²) in [7, 11) is 3.56. The molecule has 0 atom stereocenters. The zero-order valence-corrected chi connectivity index (χ0v) is 14.5. The van der Waals surface area contributed by atoms with Crippen LogP contribution >= 0.6 is 15.9 Å². The van der Waals surface area contributed by atoms with E-state index in [0.717, 1.165) is 34.5 Å². The summed E-state index contributed by atoms with van der Waals surface area (Å²) >= 11 is 3.46. The lowest BCUT2D eigenvalue weighted by atomic mass is 10.2. The Morgan fingerprint density at radius 2 is 2.09 bits per heavy atom. The van der Waals surface area contributed by atoms with Gasteiger partial charge in [0.1, 0.15) is 11.5 Å². The molecule has 5 heteroatoms. The summed E-state index contributed by atoms with van der Waals surface area (Å²) in [6, 6.07) is 12.0. The number of halogens is 1. The van der Waals surface area contributed by atoms with E-state index < -0.39 is 0 Å². The van der Waals surface area contributed by atoms with E-state index in [-0.39, 0.29) is 5.91 Å². The number of hydrogen-bond acceptors (Lipinski definition) is 3. The maximum Gasteiger partial charge on any atom is 0.222 e. The lowest BCUT2D eigenvalue weighted by Crippen LogP contribution is -2.23. The van der Waals surface area contributed by atoms with Gasteiger partial charge < -0.3 is 14.6 Å². The molecule has 0 aliphatic carbocycles. The molecule has 1 amide bonds. The molecule has 2 aromatic rings. The Bertz CT molecular complexity index is 623. The lowest BCUT2D eigenvalue weighted by Gasteiger charge is -2.09. The summed E-state index contributed by atoms with van der Waals surface area (Å²) in [5.74, 6) is 1.92. The molecule has 2 rings (SSSR count). The van der Waals surface area contributed by atoms with Crippen molar-refractivity contribution >= 4 is 21.8 Å². The smallest absolute Gasteiger partial charge is 0.222 e. The molecule has 22 heavy (non-hydrogen) atoms. The molecule has 0 unspecified atom stereocenters. The monoisotopic (exact) mass is 364 g/mol. The van der Waals surface area contributed by atoms with Crippen LogP contribution in [0.2, 0.25) is 0 Å². The first kappa shape index (κ1) is 16.8. The zero-order chi connectivity index (χ0) is 15.9. The predicted octanol–water partition coefficient (Wildman–Crippen LogP) is 3.67. The number of carbonyl (C=O) groups excluding carboxylic acids is 1. The van der Waals surface area contributed by atoms with Crippen molar-refractivity contribution in [3.63, 3.8) is 0 Å². The second-order valence-corrected chi connectivity index (χ2v) is 6.26. The van der Waals surface area contributed by atoms with Crippen LogP contribution in [0.25, 0.3) is 11.3 Å². The maximum atomic E-state index is 11.4. The fraction of sp³-hybridized carbons (Fsp3) is 0.353. The molecule has 0 saturated heterocycles. The summed E-state index contributed by atoms with van der Waals surface area (Å²) in [5.41, 5.74) is 1.05. The standard InChI is InChI=1S/C17H21BrN2O2/c1-20(2)17(21)7-4-10-19-12-15-8-9-16(22-15)13-5-3-6-14(18)11-13/h3,5-6,8-9,11,19H,4,7,10,12H2,1-2H3. The van der Waals surface area contributed by atoms with Gasteiger partial charge in [-0.1, -0.05) is 28.1 Å².